The van der Waals surface area contributed by atoms with Crippen LogP contribution < -0.4 is 16.0 Å². The molecule has 63 heavy (non-hydrogen) atoms. The van der Waals surface area contributed by atoms with E-state index in [0.29, 0.717) is 84.0 Å². The van der Waals surface area contributed by atoms with Crippen LogP contribution in [0.2, 0.25) is 0 Å². The molecule has 0 aromatic rings. The summed E-state index contributed by atoms with van der Waals surface area (Å²) in [6.07, 6.45) is -8.26. The first-order valence-corrected chi connectivity index (χ1v) is 22.2. The Balaban J connectivity index is 2.54. The second-order valence-corrected chi connectivity index (χ2v) is 15.9. The molecule has 4 amide bonds. The molecule has 0 aromatic heterocycles. The lowest BCUT2D eigenvalue weighted by molar-refractivity contribution is -0.203. The molecule has 11 atom stereocenters. The molecule has 1 heterocycles. The van der Waals surface area contributed by atoms with E-state index in [1.165, 1.54) is 0 Å². The molecule has 370 valence electrons. The number of likely N-dealkylation sites (tertiary alicyclic amines) is 1. The smallest absolute Gasteiger partial charge is 0.242 e. The quantitative estimate of drug-likeness (QED) is 0.0212. The highest BCUT2D eigenvalue weighted by Crippen LogP contribution is 2.22. The first-order valence-electron chi connectivity index (χ1n) is 22.2. The van der Waals surface area contributed by atoms with Gasteiger partial charge < -0.3 is 90.9 Å². The molecule has 22 nitrogen and oxygen atoms in total. The van der Waals surface area contributed by atoms with E-state index in [2.05, 4.69) is 16.0 Å². The fraction of sp³-hybridized carbons (Fsp3) is 0.902. The van der Waals surface area contributed by atoms with Crippen LogP contribution in [0.4, 0.5) is 0 Å². The first-order chi connectivity index (χ1) is 30.1. The number of ether oxygens (including phenoxy) is 4. The Morgan fingerprint density at radius 3 is 1.68 bits per heavy atom. The summed E-state index contributed by atoms with van der Waals surface area (Å²) < 4.78 is 20.9. The molecule has 1 saturated heterocycles. The van der Waals surface area contributed by atoms with E-state index in [-0.39, 0.29) is 81.6 Å². The summed E-state index contributed by atoms with van der Waals surface area (Å²) in [6, 6.07) is -0.899. The fourth-order valence-corrected chi connectivity index (χ4v) is 6.86. The van der Waals surface area contributed by atoms with Crippen molar-refractivity contribution in [1.29, 1.82) is 0 Å². The van der Waals surface area contributed by atoms with E-state index < -0.39 is 74.4 Å². The SMILES string of the molecule is COC[C@@H]1C[C@@H](OC)CN1C(=O)CCCCCNC(=O)[C@H](CCCCNC(=O)CCCCOC(O)C(O)C(O)C(O)CCO)NC(=O)CCCCOC(O)C(O)C(O)C(O)CCO. The van der Waals surface area contributed by atoms with Gasteiger partial charge in [0.2, 0.25) is 23.6 Å². The highest BCUT2D eigenvalue weighted by molar-refractivity contribution is 5.87. The van der Waals surface area contributed by atoms with Crippen molar-refractivity contribution in [3.8, 4) is 0 Å². The van der Waals surface area contributed by atoms with E-state index in [0.717, 1.165) is 6.42 Å². The van der Waals surface area contributed by atoms with Gasteiger partial charge in [-0.05, 0) is 77.0 Å². The van der Waals surface area contributed by atoms with Crippen LogP contribution in [0.5, 0.6) is 0 Å². The van der Waals surface area contributed by atoms with Crippen LogP contribution >= 0.6 is 0 Å². The number of hydrogen-bond donors (Lipinski definition) is 13. The third-order valence-electron chi connectivity index (χ3n) is 10.7. The van der Waals surface area contributed by atoms with Crippen molar-refractivity contribution in [3.63, 3.8) is 0 Å². The minimum atomic E-state index is -1.82. The molecule has 8 unspecified atom stereocenters. The van der Waals surface area contributed by atoms with Crippen molar-refractivity contribution < 1.29 is 89.2 Å². The second kappa shape index (κ2) is 34.6. The number of hydrogen-bond acceptors (Lipinski definition) is 18. The molecule has 0 spiro atoms. The number of unbranched alkanes of at least 4 members (excludes halogenated alkanes) is 5. The summed E-state index contributed by atoms with van der Waals surface area (Å²) >= 11 is 0. The lowest BCUT2D eigenvalue weighted by Crippen LogP contribution is -2.47. The zero-order valence-electron chi connectivity index (χ0n) is 37.0. The Morgan fingerprint density at radius 2 is 1.14 bits per heavy atom. The lowest BCUT2D eigenvalue weighted by Gasteiger charge is -2.26. The van der Waals surface area contributed by atoms with Gasteiger partial charge in [0.15, 0.2) is 12.6 Å². The molecule has 1 aliphatic heterocycles. The number of rotatable bonds is 38. The van der Waals surface area contributed by atoms with Gasteiger partial charge in [0.25, 0.3) is 0 Å². The van der Waals surface area contributed by atoms with E-state index >= 15 is 0 Å². The van der Waals surface area contributed by atoms with E-state index in [1.54, 1.807) is 14.2 Å². The average molecular weight is 915 g/mol. The van der Waals surface area contributed by atoms with Crippen molar-refractivity contribution in [1.82, 2.24) is 20.9 Å². The van der Waals surface area contributed by atoms with Gasteiger partial charge in [-0.25, -0.2) is 0 Å². The molecular weight excluding hydrogens is 836 g/mol. The summed E-state index contributed by atoms with van der Waals surface area (Å²) in [5.41, 5.74) is 0. The summed E-state index contributed by atoms with van der Waals surface area (Å²) in [6.45, 7) is 0.634. The van der Waals surface area contributed by atoms with Gasteiger partial charge in [-0.1, -0.05) is 6.42 Å². The van der Waals surface area contributed by atoms with Gasteiger partial charge in [-0.2, -0.15) is 0 Å². The minimum absolute atomic E-state index is 0.0153. The van der Waals surface area contributed by atoms with E-state index in [9.17, 15) is 60.0 Å². The van der Waals surface area contributed by atoms with Crippen LogP contribution in [0.25, 0.3) is 0 Å². The average Bonchev–Trinajstić information content (AvgIpc) is 3.68. The number of amides is 4. The van der Waals surface area contributed by atoms with Gasteiger partial charge in [-0.3, -0.25) is 19.2 Å². The topological polar surface area (TPSA) is 347 Å². The number of aliphatic hydroxyl groups is 10. The summed E-state index contributed by atoms with van der Waals surface area (Å²) in [7, 11) is 3.22. The van der Waals surface area contributed by atoms with Gasteiger partial charge >= 0.3 is 0 Å². The molecular formula is C41H78N4O18. The normalized spacial score (nSPS) is 19.7. The Labute approximate surface area is 370 Å². The fourth-order valence-electron chi connectivity index (χ4n) is 6.86. The predicted octanol–water partition coefficient (Wildman–Crippen LogP) is -3.36. The number of carbonyl (C=O) groups excluding carboxylic acids is 4. The van der Waals surface area contributed by atoms with E-state index in [1.807, 2.05) is 4.90 Å². The van der Waals surface area contributed by atoms with Crippen molar-refractivity contribution in [3.05, 3.63) is 0 Å². The maximum Gasteiger partial charge on any atom is 0.242 e. The molecule has 0 aromatic carbocycles. The Morgan fingerprint density at radius 1 is 0.619 bits per heavy atom. The third-order valence-corrected chi connectivity index (χ3v) is 10.7. The molecule has 22 heteroatoms. The minimum Gasteiger partial charge on any atom is -0.396 e. The maximum atomic E-state index is 13.2. The maximum absolute atomic E-state index is 13.2. The molecule has 0 aliphatic carbocycles. The Hall–Kier alpha value is -2.68. The summed E-state index contributed by atoms with van der Waals surface area (Å²) in [5, 5.41) is 105. The third kappa shape index (κ3) is 24.4. The molecule has 1 rings (SSSR count). The Bertz CT molecular complexity index is 1240. The molecule has 1 fully saturated rings. The van der Waals surface area contributed by atoms with Gasteiger partial charge in [0, 0.05) is 79.5 Å². The van der Waals surface area contributed by atoms with Crippen molar-refractivity contribution in [2.75, 3.05) is 66.9 Å². The standard InChI is InChI=1S/C41H78N4O18/c1-60-26-27-24-28(61-2)25-45(27)34(52)15-4-3-8-19-43-39(57)29(44-33(51)14-7-11-23-63-41(59)38(56)36(54)31(49)17-21-47)12-5-9-18-42-32(50)13-6-10-22-62-40(58)37(55)35(53)30(48)16-20-46/h27-31,35-38,40-41,46-49,53-56,58-59H,3-26H2,1-2H3,(H,42,50)(H,43,57)(H,44,51)/t27-,28+,29-,30?,31?,35?,36?,37?,38?,40?,41?/m0/s1. The molecule has 0 bridgehead atoms. The van der Waals surface area contributed by atoms with Crippen LogP contribution in [-0.4, -0.2) is 214 Å². The number of nitrogens with one attached hydrogen (secondary N) is 3. The van der Waals surface area contributed by atoms with Gasteiger partial charge in [-0.15, -0.1) is 0 Å². The van der Waals surface area contributed by atoms with Crippen molar-refractivity contribution in [2.24, 2.45) is 0 Å². The Kier molecular flexibility index (Phi) is 32.1. The number of methoxy groups -OCH3 is 2. The molecule has 13 N–H and O–H groups in total. The monoisotopic (exact) mass is 915 g/mol. The largest absolute Gasteiger partial charge is 0.396 e. The predicted molar refractivity (Wildman–Crippen MR) is 224 cm³/mol. The van der Waals surface area contributed by atoms with Crippen molar-refractivity contribution >= 4 is 23.6 Å². The second-order valence-electron chi connectivity index (χ2n) is 15.9. The highest BCUT2D eigenvalue weighted by Gasteiger charge is 2.35. The number of aliphatic hydroxyl groups excluding tert-OH is 10. The zero-order valence-corrected chi connectivity index (χ0v) is 37.0. The summed E-state index contributed by atoms with van der Waals surface area (Å²) in [4.78, 5) is 53.2. The number of nitrogens with zero attached hydrogens (tertiary/aromatic N) is 1. The van der Waals surface area contributed by atoms with Crippen LogP contribution in [0.1, 0.15) is 103 Å². The molecule has 0 saturated carbocycles. The number of carbonyl (C=O) groups is 4. The van der Waals surface area contributed by atoms with Gasteiger partial charge in [0.1, 0.15) is 30.5 Å². The van der Waals surface area contributed by atoms with Crippen LogP contribution in [0.3, 0.4) is 0 Å². The van der Waals surface area contributed by atoms with Crippen molar-refractivity contribution in [2.45, 2.75) is 170 Å². The first kappa shape index (κ1) is 58.3. The summed E-state index contributed by atoms with van der Waals surface area (Å²) in [5.74, 6) is -0.997. The lowest BCUT2D eigenvalue weighted by atomic mass is 10.1. The zero-order chi connectivity index (χ0) is 47.2. The van der Waals surface area contributed by atoms with Crippen LogP contribution in [-0.2, 0) is 38.1 Å². The molecule has 0 radical (unpaired) electrons. The van der Waals surface area contributed by atoms with Gasteiger partial charge in [0.05, 0.1) is 31.0 Å². The van der Waals surface area contributed by atoms with E-state index in [4.69, 9.17) is 29.2 Å². The molecule has 1 aliphatic rings. The van der Waals surface area contributed by atoms with Crippen LogP contribution in [0.15, 0.2) is 0 Å². The highest BCUT2D eigenvalue weighted by atomic mass is 16.6. The van der Waals surface area contributed by atoms with Crippen LogP contribution in [0, 0.1) is 0 Å².